The largest absolute Gasteiger partial charge is 0.313 e. The SMILES string of the molecule is Cc1ccc(F)cc1S(=O)(=O)N1CCNCC1c1cccc(F)c1.Cl. The molecule has 1 N–H and O–H groups in total. The lowest BCUT2D eigenvalue weighted by Crippen LogP contribution is -2.48. The van der Waals surface area contributed by atoms with Crippen LogP contribution >= 0.6 is 12.4 Å². The second-order valence-corrected chi connectivity index (χ2v) is 7.66. The van der Waals surface area contributed by atoms with E-state index in [1.165, 1.54) is 28.6 Å². The number of aryl methyl sites for hydroxylation is 1. The minimum Gasteiger partial charge on any atom is -0.313 e. The molecule has 0 saturated carbocycles. The molecule has 0 bridgehead atoms. The van der Waals surface area contributed by atoms with E-state index in [9.17, 15) is 17.2 Å². The lowest BCUT2D eigenvalue weighted by Gasteiger charge is -2.35. The molecule has 0 aromatic heterocycles. The standard InChI is InChI=1S/C17H18F2N2O2S.ClH/c1-12-5-6-15(19)10-17(12)24(22,23)21-8-7-20-11-16(21)13-3-2-4-14(18)9-13;/h2-6,9-10,16,20H,7-8,11H2,1H3;1H. The van der Waals surface area contributed by atoms with E-state index in [0.717, 1.165) is 6.07 Å². The molecule has 1 fully saturated rings. The van der Waals surface area contributed by atoms with Crippen LogP contribution in [0.4, 0.5) is 8.78 Å². The van der Waals surface area contributed by atoms with Crippen LogP contribution < -0.4 is 5.32 Å². The van der Waals surface area contributed by atoms with E-state index in [-0.39, 0.29) is 23.8 Å². The third kappa shape index (κ3) is 4.00. The first-order valence-corrected chi connectivity index (χ1v) is 9.08. The summed E-state index contributed by atoms with van der Waals surface area (Å²) in [7, 11) is -3.89. The number of nitrogens with zero attached hydrogens (tertiary/aromatic N) is 1. The first kappa shape index (κ1) is 19.8. The van der Waals surface area contributed by atoms with Gasteiger partial charge in [0.2, 0.25) is 10.0 Å². The van der Waals surface area contributed by atoms with Crippen molar-refractivity contribution in [3.8, 4) is 0 Å². The minimum absolute atomic E-state index is 0. The summed E-state index contributed by atoms with van der Waals surface area (Å²) in [5.74, 6) is -1.02. The first-order chi connectivity index (χ1) is 11.4. The van der Waals surface area contributed by atoms with Crippen molar-refractivity contribution in [3.05, 3.63) is 65.2 Å². The first-order valence-electron chi connectivity index (χ1n) is 7.64. The maximum absolute atomic E-state index is 13.6. The van der Waals surface area contributed by atoms with Gasteiger partial charge in [-0.3, -0.25) is 0 Å². The van der Waals surface area contributed by atoms with E-state index in [2.05, 4.69) is 5.32 Å². The van der Waals surface area contributed by atoms with Crippen molar-refractivity contribution in [3.63, 3.8) is 0 Å². The minimum atomic E-state index is -3.89. The van der Waals surface area contributed by atoms with Gasteiger partial charge in [0, 0.05) is 19.6 Å². The number of hydrogen-bond acceptors (Lipinski definition) is 3. The molecule has 1 heterocycles. The molecule has 25 heavy (non-hydrogen) atoms. The Bertz CT molecular complexity index is 861. The lowest BCUT2D eigenvalue weighted by molar-refractivity contribution is 0.271. The van der Waals surface area contributed by atoms with E-state index in [1.807, 2.05) is 0 Å². The summed E-state index contributed by atoms with van der Waals surface area (Å²) in [5, 5.41) is 3.13. The highest BCUT2D eigenvalue weighted by atomic mass is 35.5. The van der Waals surface area contributed by atoms with Gasteiger partial charge in [-0.05, 0) is 42.3 Å². The van der Waals surface area contributed by atoms with Crippen molar-refractivity contribution in [1.29, 1.82) is 0 Å². The quantitative estimate of drug-likeness (QED) is 0.879. The second kappa shape index (κ2) is 7.78. The van der Waals surface area contributed by atoms with Crippen molar-refractivity contribution in [1.82, 2.24) is 9.62 Å². The van der Waals surface area contributed by atoms with E-state index < -0.39 is 27.7 Å². The highest BCUT2D eigenvalue weighted by Gasteiger charge is 2.35. The molecule has 1 atom stereocenters. The fraction of sp³-hybridized carbons (Fsp3) is 0.294. The van der Waals surface area contributed by atoms with E-state index in [0.29, 0.717) is 24.2 Å². The smallest absolute Gasteiger partial charge is 0.244 e. The predicted molar refractivity (Wildman–Crippen MR) is 94.3 cm³/mol. The summed E-state index contributed by atoms with van der Waals surface area (Å²) in [4.78, 5) is -0.0502. The lowest BCUT2D eigenvalue weighted by atomic mass is 10.1. The van der Waals surface area contributed by atoms with Gasteiger partial charge in [0.1, 0.15) is 11.6 Å². The molecule has 2 aromatic carbocycles. The van der Waals surface area contributed by atoms with Gasteiger partial charge in [0.25, 0.3) is 0 Å². The summed E-state index contributed by atoms with van der Waals surface area (Å²) >= 11 is 0. The number of piperazine rings is 1. The Morgan fingerprint density at radius 2 is 1.84 bits per heavy atom. The number of benzene rings is 2. The molecule has 0 spiro atoms. The average molecular weight is 389 g/mol. The van der Waals surface area contributed by atoms with Gasteiger partial charge in [-0.2, -0.15) is 4.31 Å². The van der Waals surface area contributed by atoms with Crippen molar-refractivity contribution in [2.24, 2.45) is 0 Å². The van der Waals surface area contributed by atoms with Crippen molar-refractivity contribution in [2.75, 3.05) is 19.6 Å². The Labute approximate surface area is 152 Å². The van der Waals surface area contributed by atoms with Gasteiger partial charge >= 0.3 is 0 Å². The third-order valence-corrected chi connectivity index (χ3v) is 6.21. The van der Waals surface area contributed by atoms with Crippen LogP contribution in [-0.2, 0) is 10.0 Å². The van der Waals surface area contributed by atoms with E-state index in [1.54, 1.807) is 19.1 Å². The molecule has 2 aromatic rings. The van der Waals surface area contributed by atoms with Crippen molar-refractivity contribution < 1.29 is 17.2 Å². The van der Waals surface area contributed by atoms with Crippen molar-refractivity contribution in [2.45, 2.75) is 17.9 Å². The van der Waals surface area contributed by atoms with Gasteiger partial charge in [0.05, 0.1) is 10.9 Å². The average Bonchev–Trinajstić information content (AvgIpc) is 2.57. The van der Waals surface area contributed by atoms with Crippen LogP contribution in [0.3, 0.4) is 0 Å². The van der Waals surface area contributed by atoms with Crippen LogP contribution in [0.1, 0.15) is 17.2 Å². The van der Waals surface area contributed by atoms with Crippen LogP contribution in [0, 0.1) is 18.6 Å². The number of nitrogens with one attached hydrogen (secondary N) is 1. The molecule has 0 amide bonds. The zero-order valence-electron chi connectivity index (χ0n) is 13.6. The Morgan fingerprint density at radius 3 is 2.56 bits per heavy atom. The molecule has 1 unspecified atom stereocenters. The number of sulfonamides is 1. The summed E-state index contributed by atoms with van der Waals surface area (Å²) in [6, 6.07) is 9.07. The van der Waals surface area contributed by atoms with Crippen LogP contribution in [0.2, 0.25) is 0 Å². The fourth-order valence-electron chi connectivity index (χ4n) is 2.95. The maximum Gasteiger partial charge on any atom is 0.244 e. The molecule has 0 aliphatic carbocycles. The Morgan fingerprint density at radius 1 is 1.12 bits per heavy atom. The molecule has 3 rings (SSSR count). The molecule has 1 saturated heterocycles. The maximum atomic E-state index is 13.6. The Kier molecular flexibility index (Phi) is 6.16. The Hall–Kier alpha value is -1.54. The summed E-state index contributed by atoms with van der Waals surface area (Å²) in [5.41, 5.74) is 1.05. The van der Waals surface area contributed by atoms with E-state index in [4.69, 9.17) is 0 Å². The van der Waals surface area contributed by atoms with Gasteiger partial charge in [-0.1, -0.05) is 18.2 Å². The Balaban J connectivity index is 0.00000225. The fourth-order valence-corrected chi connectivity index (χ4v) is 4.80. The van der Waals surface area contributed by atoms with Gasteiger partial charge in [-0.15, -0.1) is 12.4 Å². The molecule has 1 aliphatic rings. The molecule has 1 aliphatic heterocycles. The van der Waals surface area contributed by atoms with Gasteiger partial charge in [-0.25, -0.2) is 17.2 Å². The topological polar surface area (TPSA) is 49.4 Å². The molecule has 0 radical (unpaired) electrons. The molecule has 4 nitrogen and oxygen atoms in total. The monoisotopic (exact) mass is 388 g/mol. The number of hydrogen-bond donors (Lipinski definition) is 1. The summed E-state index contributed by atoms with van der Waals surface area (Å²) in [6.07, 6.45) is 0. The van der Waals surface area contributed by atoms with Gasteiger partial charge in [0.15, 0.2) is 0 Å². The number of rotatable bonds is 3. The van der Waals surface area contributed by atoms with Crippen LogP contribution in [0.15, 0.2) is 47.4 Å². The highest BCUT2D eigenvalue weighted by Crippen LogP contribution is 2.30. The van der Waals surface area contributed by atoms with Crippen LogP contribution in [-0.4, -0.2) is 32.4 Å². The predicted octanol–water partition coefficient (Wildman–Crippen LogP) is 3.03. The molecular formula is C17H19ClF2N2O2S. The van der Waals surface area contributed by atoms with Crippen LogP contribution in [0.5, 0.6) is 0 Å². The molecule has 136 valence electrons. The summed E-state index contributed by atoms with van der Waals surface area (Å²) in [6.45, 7) is 2.72. The zero-order chi connectivity index (χ0) is 17.3. The normalized spacial score (nSPS) is 18.6. The zero-order valence-corrected chi connectivity index (χ0v) is 15.2. The second-order valence-electron chi connectivity index (χ2n) is 5.80. The summed E-state index contributed by atoms with van der Waals surface area (Å²) < 4.78 is 54.6. The molecule has 8 heteroatoms. The van der Waals surface area contributed by atoms with Crippen molar-refractivity contribution >= 4 is 22.4 Å². The third-order valence-electron chi connectivity index (χ3n) is 4.16. The highest BCUT2D eigenvalue weighted by molar-refractivity contribution is 7.89. The van der Waals surface area contributed by atoms with Crippen LogP contribution in [0.25, 0.3) is 0 Å². The molecular weight excluding hydrogens is 370 g/mol. The van der Waals surface area contributed by atoms with E-state index >= 15 is 0 Å². The number of halogens is 3. The van der Waals surface area contributed by atoms with Gasteiger partial charge < -0.3 is 5.32 Å².